The number of nitrogens with zero attached hydrogens (tertiary/aromatic N) is 7. The van der Waals surface area contributed by atoms with E-state index in [2.05, 4.69) is 25.0 Å². The molecule has 3 fully saturated rings. The van der Waals surface area contributed by atoms with E-state index in [1.807, 2.05) is 49.5 Å². The Balaban J connectivity index is 0.906. The lowest BCUT2D eigenvalue weighted by atomic mass is 9.98. The van der Waals surface area contributed by atoms with Crippen molar-refractivity contribution in [2.24, 2.45) is 7.05 Å². The Morgan fingerprint density at radius 3 is 2.14 bits per heavy atom. The second-order valence-corrected chi connectivity index (χ2v) is 15.5. The van der Waals surface area contributed by atoms with Crippen LogP contribution in [0.3, 0.4) is 0 Å². The van der Waals surface area contributed by atoms with Crippen LogP contribution in [-0.4, -0.2) is 128 Å². The Morgan fingerprint density at radius 2 is 1.49 bits per heavy atom. The number of methoxy groups -OCH3 is 2. The molecule has 8 rings (SSSR count). The molecule has 0 radical (unpaired) electrons. The number of hydrogen-bond acceptors (Lipinski definition) is 12. The van der Waals surface area contributed by atoms with E-state index in [0.717, 1.165) is 102 Å². The largest absolute Gasteiger partial charge is 0.496 e. The summed E-state index contributed by atoms with van der Waals surface area (Å²) in [6.07, 6.45) is 5.67. The highest BCUT2D eigenvalue weighted by atomic mass is 16.5. The smallest absolute Gasteiger partial charge is 0.262 e. The number of imide groups is 2. The zero-order chi connectivity index (χ0) is 40.1. The number of aromatic nitrogens is 2. The summed E-state index contributed by atoms with van der Waals surface area (Å²) in [6.45, 7) is 5.97. The minimum atomic E-state index is -0.978. The highest BCUT2D eigenvalue weighted by Crippen LogP contribution is 2.39. The maximum atomic E-state index is 13.4. The van der Waals surface area contributed by atoms with Gasteiger partial charge in [0.05, 0.1) is 36.3 Å². The third-order valence-electron chi connectivity index (χ3n) is 12.0. The van der Waals surface area contributed by atoms with Crippen molar-refractivity contribution < 1.29 is 28.7 Å². The van der Waals surface area contributed by atoms with Gasteiger partial charge in [-0.15, -0.1) is 0 Å². The second kappa shape index (κ2) is 15.3. The predicted octanol–water partition coefficient (Wildman–Crippen LogP) is 2.87. The maximum Gasteiger partial charge on any atom is 0.262 e. The van der Waals surface area contributed by atoms with Crippen LogP contribution >= 0.6 is 0 Å². The first-order chi connectivity index (χ1) is 27.4. The molecule has 0 spiro atoms. The molecule has 2 aromatic heterocycles. The number of amides is 4. The van der Waals surface area contributed by atoms with Crippen molar-refractivity contribution in [2.75, 3.05) is 77.4 Å². The van der Waals surface area contributed by atoms with E-state index in [0.29, 0.717) is 29.1 Å². The van der Waals surface area contributed by atoms with Crippen molar-refractivity contribution in [1.82, 2.24) is 29.6 Å². The Labute approximate surface area is 330 Å². The Kier molecular flexibility index (Phi) is 10.2. The molecule has 4 aliphatic heterocycles. The summed E-state index contributed by atoms with van der Waals surface area (Å²) in [5, 5.41) is 3.61. The van der Waals surface area contributed by atoms with Crippen molar-refractivity contribution in [3.05, 3.63) is 75.8 Å². The topological polar surface area (TPSA) is 150 Å². The van der Waals surface area contributed by atoms with Gasteiger partial charge in [0.1, 0.15) is 23.4 Å². The monoisotopic (exact) mass is 776 g/mol. The number of carbonyl (C=O) groups is 4. The summed E-state index contributed by atoms with van der Waals surface area (Å²) < 4.78 is 13.6. The second-order valence-electron chi connectivity index (χ2n) is 15.5. The minimum absolute atomic E-state index is 0.0892. The van der Waals surface area contributed by atoms with Crippen LogP contribution in [0.25, 0.3) is 21.9 Å². The Bertz CT molecular complexity index is 2320. The number of pyridine rings is 2. The molecule has 298 valence electrons. The molecule has 57 heavy (non-hydrogen) atoms. The molecule has 0 aliphatic carbocycles. The van der Waals surface area contributed by atoms with Gasteiger partial charge in [0.15, 0.2) is 0 Å². The lowest BCUT2D eigenvalue weighted by molar-refractivity contribution is -0.136. The van der Waals surface area contributed by atoms with Crippen LogP contribution in [0, 0.1) is 0 Å². The third-order valence-corrected chi connectivity index (χ3v) is 12.0. The molecule has 0 saturated carbocycles. The summed E-state index contributed by atoms with van der Waals surface area (Å²) >= 11 is 0. The van der Waals surface area contributed by atoms with Crippen LogP contribution in [0.2, 0.25) is 0 Å². The van der Waals surface area contributed by atoms with Gasteiger partial charge in [-0.3, -0.25) is 44.0 Å². The van der Waals surface area contributed by atoms with Crippen molar-refractivity contribution in [2.45, 2.75) is 44.3 Å². The van der Waals surface area contributed by atoms with Gasteiger partial charge in [0.2, 0.25) is 11.8 Å². The van der Waals surface area contributed by atoms with E-state index in [1.54, 1.807) is 44.2 Å². The van der Waals surface area contributed by atoms with Gasteiger partial charge in [0.25, 0.3) is 17.4 Å². The number of aryl methyl sites for hydroxylation is 1. The lowest BCUT2D eigenvalue weighted by Crippen LogP contribution is -2.54. The van der Waals surface area contributed by atoms with Gasteiger partial charge < -0.3 is 23.8 Å². The molecule has 1 unspecified atom stereocenters. The first kappa shape index (κ1) is 38.1. The highest BCUT2D eigenvalue weighted by molar-refractivity contribution is 6.23. The average molecular weight is 777 g/mol. The van der Waals surface area contributed by atoms with Crippen molar-refractivity contribution >= 4 is 45.9 Å². The number of anilines is 2. The number of nitrogens with one attached hydrogen (secondary N) is 1. The fourth-order valence-electron chi connectivity index (χ4n) is 8.77. The van der Waals surface area contributed by atoms with Gasteiger partial charge in [-0.2, -0.15) is 0 Å². The van der Waals surface area contributed by atoms with Crippen LogP contribution in [-0.2, 0) is 23.2 Å². The number of rotatable bonds is 9. The van der Waals surface area contributed by atoms with Gasteiger partial charge >= 0.3 is 0 Å². The number of benzene rings is 2. The summed E-state index contributed by atoms with van der Waals surface area (Å²) in [7, 11) is 8.95. The lowest BCUT2D eigenvalue weighted by Gasteiger charge is -2.43. The fourth-order valence-corrected chi connectivity index (χ4v) is 8.77. The summed E-state index contributed by atoms with van der Waals surface area (Å²) in [5.74, 6) is 0.232. The molecule has 4 aromatic rings. The Morgan fingerprint density at radius 1 is 0.807 bits per heavy atom. The zero-order valence-electron chi connectivity index (χ0n) is 33.0. The van der Waals surface area contributed by atoms with E-state index < -0.39 is 29.7 Å². The molecular weight excluding hydrogens is 729 g/mol. The molecule has 3 saturated heterocycles. The van der Waals surface area contributed by atoms with E-state index >= 15 is 0 Å². The number of piperazine rings is 1. The third kappa shape index (κ3) is 6.99. The molecule has 4 amide bonds. The molecule has 1 N–H and O–H groups in total. The first-order valence-corrected chi connectivity index (χ1v) is 19.4. The van der Waals surface area contributed by atoms with Crippen molar-refractivity contribution in [3.8, 4) is 22.6 Å². The molecule has 15 heteroatoms. The fraction of sp³-hybridized carbons (Fsp3) is 0.429. The van der Waals surface area contributed by atoms with Crippen molar-refractivity contribution in [3.63, 3.8) is 0 Å². The molecule has 15 nitrogen and oxygen atoms in total. The number of carbonyl (C=O) groups excluding carboxylic acids is 4. The average Bonchev–Trinajstić information content (AvgIpc) is 3.47. The summed E-state index contributed by atoms with van der Waals surface area (Å²) in [5.41, 5.74) is 4.12. The molecule has 6 heterocycles. The van der Waals surface area contributed by atoms with E-state index in [4.69, 9.17) is 9.47 Å². The predicted molar refractivity (Wildman–Crippen MR) is 215 cm³/mol. The summed E-state index contributed by atoms with van der Waals surface area (Å²) in [4.78, 5) is 78.4. The molecular formula is C42H48N8O7. The zero-order valence-corrected chi connectivity index (χ0v) is 33.0. The van der Waals surface area contributed by atoms with Crippen LogP contribution in [0.1, 0.15) is 52.0 Å². The number of fused-ring (bicyclic) bond motifs is 2. The number of hydrogen-bond donors (Lipinski definition) is 1. The Hall–Kier alpha value is -5.80. The van der Waals surface area contributed by atoms with Crippen LogP contribution in [0.4, 0.5) is 11.5 Å². The van der Waals surface area contributed by atoms with Crippen LogP contribution < -0.4 is 30.1 Å². The van der Waals surface area contributed by atoms with E-state index in [1.165, 1.54) is 0 Å². The highest BCUT2D eigenvalue weighted by Gasteiger charge is 2.45. The normalized spacial score (nSPS) is 19.6. The summed E-state index contributed by atoms with van der Waals surface area (Å²) in [6, 6.07) is 10.8. The first-order valence-electron chi connectivity index (χ1n) is 19.4. The molecule has 4 aliphatic rings. The quantitative estimate of drug-likeness (QED) is 0.249. The maximum absolute atomic E-state index is 13.4. The van der Waals surface area contributed by atoms with Crippen LogP contribution in [0.5, 0.6) is 11.5 Å². The molecule has 2 aromatic carbocycles. The van der Waals surface area contributed by atoms with E-state index in [-0.39, 0.29) is 18.4 Å². The van der Waals surface area contributed by atoms with Gasteiger partial charge in [0, 0.05) is 108 Å². The number of piperidine rings is 2. The van der Waals surface area contributed by atoms with Gasteiger partial charge in [-0.25, -0.2) is 4.98 Å². The van der Waals surface area contributed by atoms with E-state index in [9.17, 15) is 24.0 Å². The molecule has 1 atom stereocenters. The number of ether oxygens (including phenoxy) is 2. The molecule has 0 bridgehead atoms. The minimum Gasteiger partial charge on any atom is -0.496 e. The van der Waals surface area contributed by atoms with Gasteiger partial charge in [-0.1, -0.05) is 0 Å². The van der Waals surface area contributed by atoms with Gasteiger partial charge in [-0.05, 0) is 61.2 Å². The van der Waals surface area contributed by atoms with Crippen molar-refractivity contribution in [1.29, 1.82) is 0 Å². The SMILES string of the molecule is COc1cc(-c2cn(C)c(=O)c3cnc(N(C)C)cc23)cc(OC)c1CN1CCN(C2CCN(c3ccc4c(c3)C(=O)N(C3CCC(=O)NC3=O)C4=O)CC2)CC1. The van der Waals surface area contributed by atoms with Crippen LogP contribution in [0.15, 0.2) is 53.6 Å². The standard InChI is InChI=1S/C42H48N8O7/c1-45(2)37-21-29-31(22-43-37)40(53)46(3)23-32(29)25-18-35(56-4)33(36(19-25)57-5)24-47-14-16-49(17-15-47)26-10-12-48(13-11-26)27-6-7-28-30(20-27)42(55)50(41(28)54)34-8-9-38(51)44-39(34)52/h6-7,18-23,26,34H,8-17,24H2,1-5H3,(H,44,51,52).